The van der Waals surface area contributed by atoms with Crippen LogP contribution in [0.1, 0.15) is 58.2 Å². The number of nitrogens with one attached hydrogen (secondary N) is 1. The molecule has 0 spiro atoms. The zero-order valence-corrected chi connectivity index (χ0v) is 25.0. The largest absolute Gasteiger partial charge is 0.497 e. The lowest BCUT2D eigenvalue weighted by Gasteiger charge is -2.19. The third-order valence-electron chi connectivity index (χ3n) is 6.49. The molecule has 1 aromatic heterocycles. The molecule has 208 valence electrons. The maximum Gasteiger partial charge on any atom is 0.250 e. The molecule has 0 unspecified atom stereocenters. The summed E-state index contributed by atoms with van der Waals surface area (Å²) < 4.78 is 7.30. The first-order valence-electron chi connectivity index (χ1n) is 13.2. The van der Waals surface area contributed by atoms with Crippen LogP contribution in [0.25, 0.3) is 17.1 Å². The normalized spacial score (nSPS) is 12.1. The van der Waals surface area contributed by atoms with Gasteiger partial charge >= 0.3 is 0 Å². The number of rotatable bonds is 8. The summed E-state index contributed by atoms with van der Waals surface area (Å²) in [7, 11) is 1.64. The summed E-state index contributed by atoms with van der Waals surface area (Å²) in [6.45, 7) is 13.1. The van der Waals surface area contributed by atoms with Gasteiger partial charge in [0.05, 0.1) is 19.1 Å². The number of carbonyl (C=O) groups is 1. The van der Waals surface area contributed by atoms with E-state index in [0.29, 0.717) is 11.0 Å². The lowest BCUT2D eigenvalue weighted by atomic mass is 9.87. The van der Waals surface area contributed by atoms with Crippen LogP contribution in [0, 0.1) is 0 Å². The number of carbonyl (C=O) groups excluding carboxylic acids is 1. The minimum atomic E-state index is -0.229. The Bertz CT molecular complexity index is 1460. The van der Waals surface area contributed by atoms with Crippen LogP contribution in [0.3, 0.4) is 0 Å². The number of hydrogen-bond acceptors (Lipinski definition) is 6. The van der Waals surface area contributed by atoms with Crippen molar-refractivity contribution in [3.63, 3.8) is 0 Å². The quantitative estimate of drug-likeness (QED) is 0.147. The van der Waals surface area contributed by atoms with Gasteiger partial charge in [0.15, 0.2) is 11.0 Å². The molecule has 0 saturated heterocycles. The van der Waals surface area contributed by atoms with E-state index in [-0.39, 0.29) is 22.5 Å². The summed E-state index contributed by atoms with van der Waals surface area (Å²) in [5.74, 6) is 1.36. The molecule has 40 heavy (non-hydrogen) atoms. The number of thioether (sulfide) groups is 1. The summed E-state index contributed by atoms with van der Waals surface area (Å²) in [4.78, 5) is 12.6. The predicted molar refractivity (Wildman–Crippen MR) is 164 cm³/mol. The van der Waals surface area contributed by atoms with Crippen LogP contribution < -0.4 is 10.2 Å². The average Bonchev–Trinajstić information content (AvgIpc) is 3.35. The number of benzene rings is 3. The second kappa shape index (κ2) is 12.1. The molecule has 0 aliphatic carbocycles. The molecule has 0 aliphatic rings. The maximum atomic E-state index is 12.6. The number of aromatic nitrogens is 3. The minimum absolute atomic E-state index is 0.0505. The van der Waals surface area contributed by atoms with Crippen LogP contribution in [0.2, 0.25) is 0 Å². The maximum absolute atomic E-state index is 12.6. The smallest absolute Gasteiger partial charge is 0.250 e. The molecule has 0 radical (unpaired) electrons. The number of methoxy groups -OCH3 is 1. The molecular weight excluding hydrogens is 518 g/mol. The first kappa shape index (κ1) is 29.1. The van der Waals surface area contributed by atoms with E-state index in [9.17, 15) is 4.79 Å². The van der Waals surface area contributed by atoms with Gasteiger partial charge in [0.1, 0.15) is 5.75 Å². The lowest BCUT2D eigenvalue weighted by Crippen LogP contribution is -2.20. The highest BCUT2D eigenvalue weighted by Crippen LogP contribution is 2.31. The van der Waals surface area contributed by atoms with Crippen molar-refractivity contribution < 1.29 is 9.53 Å². The molecule has 0 fully saturated rings. The van der Waals surface area contributed by atoms with E-state index in [2.05, 4.69) is 98.7 Å². The topological polar surface area (TPSA) is 81.4 Å². The summed E-state index contributed by atoms with van der Waals surface area (Å²) >= 11 is 1.31. The molecule has 8 heteroatoms. The highest BCUT2D eigenvalue weighted by atomic mass is 32.2. The van der Waals surface area contributed by atoms with Crippen LogP contribution in [-0.4, -0.2) is 39.7 Å². The van der Waals surface area contributed by atoms with Crippen LogP contribution in [0.4, 0.5) is 0 Å². The second-order valence-corrected chi connectivity index (χ2v) is 12.6. The molecule has 3 aromatic carbocycles. The molecule has 0 bridgehead atoms. The van der Waals surface area contributed by atoms with Crippen molar-refractivity contribution in [2.75, 3.05) is 12.9 Å². The van der Waals surface area contributed by atoms with Gasteiger partial charge in [0, 0.05) is 11.3 Å². The Balaban J connectivity index is 1.50. The Morgan fingerprint density at radius 2 is 1.45 bits per heavy atom. The number of ether oxygens (including phenoxy) is 1. The third-order valence-corrected chi connectivity index (χ3v) is 7.41. The molecular formula is C32H37N5O2S. The van der Waals surface area contributed by atoms with E-state index in [4.69, 9.17) is 4.74 Å². The Morgan fingerprint density at radius 3 is 2.00 bits per heavy atom. The fraction of sp³-hybridized carbons (Fsp3) is 0.312. The summed E-state index contributed by atoms with van der Waals surface area (Å²) in [5, 5.41) is 13.7. The molecule has 0 atom stereocenters. The van der Waals surface area contributed by atoms with Gasteiger partial charge in [-0.05, 0) is 51.8 Å². The first-order chi connectivity index (χ1) is 19.0. The van der Waals surface area contributed by atoms with Crippen molar-refractivity contribution in [3.8, 4) is 22.8 Å². The van der Waals surface area contributed by atoms with Crippen molar-refractivity contribution in [1.82, 2.24) is 20.2 Å². The zero-order valence-electron chi connectivity index (χ0n) is 24.2. The Hall–Kier alpha value is -3.91. The van der Waals surface area contributed by atoms with Gasteiger partial charge in [-0.1, -0.05) is 102 Å². The fourth-order valence-electron chi connectivity index (χ4n) is 4.04. The predicted octanol–water partition coefficient (Wildman–Crippen LogP) is 6.78. The van der Waals surface area contributed by atoms with Crippen LogP contribution in [-0.2, 0) is 15.6 Å². The van der Waals surface area contributed by atoms with E-state index < -0.39 is 0 Å². The van der Waals surface area contributed by atoms with Crippen molar-refractivity contribution in [2.45, 2.75) is 57.5 Å². The van der Waals surface area contributed by atoms with Gasteiger partial charge < -0.3 is 4.74 Å². The SMILES string of the molecule is COc1ccc(-n2c(SCC(=O)N/N=C\c3ccc(C(C)(C)C)cc3)nnc2-c2ccc(C(C)(C)C)cc2)cc1. The van der Waals surface area contributed by atoms with E-state index in [1.54, 1.807) is 13.3 Å². The number of nitrogens with zero attached hydrogens (tertiary/aromatic N) is 4. The highest BCUT2D eigenvalue weighted by molar-refractivity contribution is 7.99. The van der Waals surface area contributed by atoms with Crippen LogP contribution in [0.5, 0.6) is 5.75 Å². The zero-order chi connectivity index (χ0) is 28.9. The number of hydrazone groups is 1. The molecule has 1 amide bonds. The number of hydrogen-bond donors (Lipinski definition) is 1. The summed E-state index contributed by atoms with van der Waals surface area (Å²) in [5.41, 5.74) is 7.97. The van der Waals surface area contributed by atoms with Gasteiger partial charge in [-0.15, -0.1) is 10.2 Å². The van der Waals surface area contributed by atoms with Gasteiger partial charge in [-0.25, -0.2) is 5.43 Å². The molecule has 4 aromatic rings. The van der Waals surface area contributed by atoms with E-state index in [0.717, 1.165) is 22.6 Å². The first-order valence-corrected chi connectivity index (χ1v) is 14.2. The van der Waals surface area contributed by atoms with Crippen molar-refractivity contribution in [1.29, 1.82) is 0 Å². The van der Waals surface area contributed by atoms with Gasteiger partial charge in [0.2, 0.25) is 0 Å². The van der Waals surface area contributed by atoms with Crippen molar-refractivity contribution in [2.24, 2.45) is 5.10 Å². The molecule has 0 saturated carbocycles. The van der Waals surface area contributed by atoms with Gasteiger partial charge in [-0.3, -0.25) is 9.36 Å². The average molecular weight is 556 g/mol. The van der Waals surface area contributed by atoms with E-state index >= 15 is 0 Å². The molecule has 1 N–H and O–H groups in total. The standard InChI is InChI=1S/C32H37N5O2S/c1-31(2,3)24-12-8-22(9-13-24)20-33-34-28(38)21-40-30-36-35-29(23-10-14-25(15-11-23)32(4,5)6)37(30)26-16-18-27(39-7)19-17-26/h8-20H,21H2,1-7H3,(H,34,38)/b33-20-. The lowest BCUT2D eigenvalue weighted by molar-refractivity contribution is -0.118. The fourth-order valence-corrected chi connectivity index (χ4v) is 4.79. The molecule has 0 aliphatic heterocycles. The van der Waals surface area contributed by atoms with E-state index in [1.165, 1.54) is 22.9 Å². The van der Waals surface area contributed by atoms with Gasteiger partial charge in [0.25, 0.3) is 5.91 Å². The number of amides is 1. The second-order valence-electron chi connectivity index (χ2n) is 11.6. The van der Waals surface area contributed by atoms with Crippen LogP contribution >= 0.6 is 11.8 Å². The summed E-state index contributed by atoms with van der Waals surface area (Å²) in [6, 6.07) is 24.2. The monoisotopic (exact) mass is 555 g/mol. The third kappa shape index (κ3) is 7.18. The molecule has 1 heterocycles. The van der Waals surface area contributed by atoms with Gasteiger partial charge in [-0.2, -0.15) is 5.10 Å². The highest BCUT2D eigenvalue weighted by Gasteiger charge is 2.19. The van der Waals surface area contributed by atoms with Crippen molar-refractivity contribution >= 4 is 23.9 Å². The van der Waals surface area contributed by atoms with E-state index in [1.807, 2.05) is 41.0 Å². The molecule has 7 nitrogen and oxygen atoms in total. The minimum Gasteiger partial charge on any atom is -0.497 e. The van der Waals surface area contributed by atoms with Crippen LogP contribution in [0.15, 0.2) is 83.1 Å². The Kier molecular flexibility index (Phi) is 8.79. The molecule has 4 rings (SSSR count). The summed E-state index contributed by atoms with van der Waals surface area (Å²) in [6.07, 6.45) is 1.65. The van der Waals surface area contributed by atoms with Crippen molar-refractivity contribution in [3.05, 3.63) is 89.5 Å². The Labute approximate surface area is 241 Å². The Morgan fingerprint density at radius 1 is 0.875 bits per heavy atom.